The lowest BCUT2D eigenvalue weighted by molar-refractivity contribution is 0.0687. The topological polar surface area (TPSA) is 55.1 Å². The Hall–Kier alpha value is -3.99. The van der Waals surface area contributed by atoms with Crippen LogP contribution in [0.15, 0.2) is 85.2 Å². The van der Waals surface area contributed by atoms with Gasteiger partial charge in [-0.15, -0.1) is 0 Å². The molecule has 0 spiro atoms. The molecule has 37 heavy (non-hydrogen) atoms. The number of rotatable bonds is 6. The zero-order valence-electron chi connectivity index (χ0n) is 21.6. The smallest absolute Gasteiger partial charge is 0.253 e. The normalized spacial score (nSPS) is 15.4. The van der Waals surface area contributed by atoms with Crippen LogP contribution >= 0.6 is 0 Å². The van der Waals surface area contributed by atoms with Crippen LogP contribution in [0.4, 0.5) is 5.69 Å². The monoisotopic (exact) mass is 490 g/mol. The molecule has 1 saturated heterocycles. The fourth-order valence-electron chi connectivity index (χ4n) is 6.30. The number of nitrogens with one attached hydrogen (secondary N) is 2. The molecule has 5 aromatic rings. The first-order chi connectivity index (χ1) is 18.1. The van der Waals surface area contributed by atoms with Crippen molar-refractivity contribution in [3.8, 4) is 0 Å². The molecule has 3 heterocycles. The van der Waals surface area contributed by atoms with Gasteiger partial charge in [0.25, 0.3) is 5.91 Å². The summed E-state index contributed by atoms with van der Waals surface area (Å²) < 4.78 is 0. The first-order valence-corrected chi connectivity index (χ1v) is 13.4. The average Bonchev–Trinajstić information content (AvgIpc) is 3.59. The predicted octanol–water partition coefficient (Wildman–Crippen LogP) is 6.72. The maximum atomic E-state index is 13.5. The molecule has 1 fully saturated rings. The largest absolute Gasteiger partial charge is 0.372 e. The van der Waals surface area contributed by atoms with E-state index in [-0.39, 0.29) is 11.3 Å². The Labute approximate surface area is 218 Å². The van der Waals surface area contributed by atoms with Gasteiger partial charge in [-0.05, 0) is 74.2 Å². The van der Waals surface area contributed by atoms with Crippen molar-refractivity contribution >= 4 is 33.4 Å². The highest BCUT2D eigenvalue weighted by Crippen LogP contribution is 2.47. The number of H-pyrrole nitrogens is 2. The van der Waals surface area contributed by atoms with E-state index in [1.54, 1.807) is 0 Å². The average molecular weight is 491 g/mol. The number of likely N-dealkylation sites (tertiary alicyclic amines) is 1. The molecule has 188 valence electrons. The molecule has 3 aromatic carbocycles. The van der Waals surface area contributed by atoms with Crippen molar-refractivity contribution in [3.63, 3.8) is 0 Å². The van der Waals surface area contributed by atoms with Crippen molar-refractivity contribution in [1.82, 2.24) is 14.9 Å². The Morgan fingerprint density at radius 3 is 1.81 bits per heavy atom. The van der Waals surface area contributed by atoms with Gasteiger partial charge in [0.15, 0.2) is 0 Å². The van der Waals surface area contributed by atoms with E-state index in [9.17, 15) is 4.79 Å². The fourth-order valence-corrected chi connectivity index (χ4v) is 6.30. The lowest BCUT2D eigenvalue weighted by atomic mass is 9.68. The molecule has 2 N–H and O–H groups in total. The molecule has 5 heteroatoms. The van der Waals surface area contributed by atoms with Crippen LogP contribution in [0.2, 0.25) is 0 Å². The van der Waals surface area contributed by atoms with Crippen molar-refractivity contribution in [2.24, 2.45) is 0 Å². The van der Waals surface area contributed by atoms with Gasteiger partial charge in [-0.2, -0.15) is 0 Å². The third-order valence-corrected chi connectivity index (χ3v) is 8.36. The zero-order valence-corrected chi connectivity index (χ0v) is 21.6. The number of piperidine rings is 1. The summed E-state index contributed by atoms with van der Waals surface area (Å²) in [5.74, 6) is 0.123. The lowest BCUT2D eigenvalue weighted by Crippen LogP contribution is -2.45. The summed E-state index contributed by atoms with van der Waals surface area (Å²) >= 11 is 0. The van der Waals surface area contributed by atoms with Crippen molar-refractivity contribution in [3.05, 3.63) is 102 Å². The van der Waals surface area contributed by atoms with Crippen LogP contribution in [0.3, 0.4) is 0 Å². The van der Waals surface area contributed by atoms with Gasteiger partial charge in [-0.1, -0.05) is 36.4 Å². The second kappa shape index (κ2) is 9.47. The standard InChI is InChI=1S/C32H34N4O/c1-3-35(4-2)24-15-13-23(14-16-24)31(37)36-19-17-32(18-20-36,27-21-33-29-11-7-5-9-25(27)29)28-22-34-30-12-8-6-10-26(28)30/h5-16,21-22,33-34H,3-4,17-20H2,1-2H3. The summed E-state index contributed by atoms with van der Waals surface area (Å²) in [5, 5.41) is 2.53. The molecule has 1 aliphatic heterocycles. The summed E-state index contributed by atoms with van der Waals surface area (Å²) in [4.78, 5) is 24.9. The highest BCUT2D eigenvalue weighted by Gasteiger charge is 2.42. The van der Waals surface area contributed by atoms with Crippen molar-refractivity contribution in [2.75, 3.05) is 31.1 Å². The van der Waals surface area contributed by atoms with E-state index in [1.807, 2.05) is 17.0 Å². The van der Waals surface area contributed by atoms with E-state index in [0.29, 0.717) is 0 Å². The first-order valence-electron chi connectivity index (χ1n) is 13.4. The fraction of sp³-hybridized carbons (Fsp3) is 0.281. The minimum absolute atomic E-state index is 0.123. The first kappa shape index (κ1) is 23.4. The third kappa shape index (κ3) is 3.90. The number of aromatic amines is 2. The highest BCUT2D eigenvalue weighted by atomic mass is 16.2. The second-order valence-corrected chi connectivity index (χ2v) is 10.1. The molecule has 0 unspecified atom stereocenters. The molecule has 5 nitrogen and oxygen atoms in total. The minimum Gasteiger partial charge on any atom is -0.372 e. The number of hydrogen-bond acceptors (Lipinski definition) is 2. The van der Waals surface area contributed by atoms with Crippen LogP contribution in [-0.2, 0) is 5.41 Å². The van der Waals surface area contributed by atoms with Crippen LogP contribution in [0.1, 0.15) is 48.2 Å². The lowest BCUT2D eigenvalue weighted by Gasteiger charge is -2.42. The quantitative estimate of drug-likeness (QED) is 0.278. The summed E-state index contributed by atoms with van der Waals surface area (Å²) in [5.41, 5.74) is 6.71. The summed E-state index contributed by atoms with van der Waals surface area (Å²) in [6.45, 7) is 7.67. The number of carbonyl (C=O) groups excluding carboxylic acids is 1. The summed E-state index contributed by atoms with van der Waals surface area (Å²) in [6.07, 6.45) is 6.13. The number of amides is 1. The Morgan fingerprint density at radius 1 is 0.784 bits per heavy atom. The van der Waals surface area contributed by atoms with Gasteiger partial charge < -0.3 is 19.8 Å². The van der Waals surface area contributed by atoms with Crippen molar-refractivity contribution < 1.29 is 4.79 Å². The molecular formula is C32H34N4O. The molecule has 0 radical (unpaired) electrons. The highest BCUT2D eigenvalue weighted by molar-refractivity contribution is 5.95. The predicted molar refractivity (Wildman–Crippen MR) is 153 cm³/mol. The number of carbonyl (C=O) groups is 1. The van der Waals surface area contributed by atoms with Gasteiger partial charge in [-0.25, -0.2) is 0 Å². The third-order valence-electron chi connectivity index (χ3n) is 8.36. The molecule has 0 saturated carbocycles. The summed E-state index contributed by atoms with van der Waals surface area (Å²) in [7, 11) is 0. The van der Waals surface area contributed by atoms with Crippen molar-refractivity contribution in [1.29, 1.82) is 0 Å². The molecule has 0 atom stereocenters. The van der Waals surface area contributed by atoms with E-state index < -0.39 is 0 Å². The Balaban J connectivity index is 1.33. The van der Waals surface area contributed by atoms with Gasteiger partial charge in [0.05, 0.1) is 0 Å². The van der Waals surface area contributed by atoms with Crippen LogP contribution in [-0.4, -0.2) is 47.0 Å². The van der Waals surface area contributed by atoms with Gasteiger partial charge in [-0.3, -0.25) is 4.79 Å². The maximum Gasteiger partial charge on any atom is 0.253 e. The number of aromatic nitrogens is 2. The molecular weight excluding hydrogens is 456 g/mol. The van der Waals surface area contributed by atoms with Gasteiger partial charge in [0, 0.05) is 77.0 Å². The van der Waals surface area contributed by atoms with E-state index in [2.05, 4.69) is 102 Å². The van der Waals surface area contributed by atoms with E-state index >= 15 is 0 Å². The Bertz CT molecular complexity index is 1460. The maximum absolute atomic E-state index is 13.5. The minimum atomic E-state index is -0.178. The van der Waals surface area contributed by atoms with E-state index in [1.165, 1.54) is 21.9 Å². The SMILES string of the molecule is CCN(CC)c1ccc(C(=O)N2CCC(c3c[nH]c4ccccc34)(c3c[nH]c4ccccc34)CC2)cc1. The zero-order chi connectivity index (χ0) is 25.4. The van der Waals surface area contributed by atoms with Gasteiger partial charge in [0.1, 0.15) is 0 Å². The van der Waals surface area contributed by atoms with Crippen LogP contribution < -0.4 is 4.90 Å². The van der Waals surface area contributed by atoms with E-state index in [4.69, 9.17) is 0 Å². The number of anilines is 1. The van der Waals surface area contributed by atoms with Crippen LogP contribution in [0, 0.1) is 0 Å². The second-order valence-electron chi connectivity index (χ2n) is 10.1. The van der Waals surface area contributed by atoms with Crippen LogP contribution in [0.25, 0.3) is 21.8 Å². The van der Waals surface area contributed by atoms with E-state index in [0.717, 1.165) is 61.3 Å². The number of hydrogen-bond donors (Lipinski definition) is 2. The number of benzene rings is 3. The van der Waals surface area contributed by atoms with Crippen LogP contribution in [0.5, 0.6) is 0 Å². The molecule has 0 aliphatic carbocycles. The Kier molecular flexibility index (Phi) is 5.99. The molecule has 0 bridgehead atoms. The molecule has 2 aromatic heterocycles. The number of para-hydroxylation sites is 2. The summed E-state index contributed by atoms with van der Waals surface area (Å²) in [6, 6.07) is 25.2. The molecule has 1 amide bonds. The van der Waals surface area contributed by atoms with Crippen molar-refractivity contribution in [2.45, 2.75) is 32.1 Å². The van der Waals surface area contributed by atoms with Gasteiger partial charge >= 0.3 is 0 Å². The molecule has 1 aliphatic rings. The number of nitrogens with zero attached hydrogens (tertiary/aromatic N) is 2. The van der Waals surface area contributed by atoms with Gasteiger partial charge in [0.2, 0.25) is 0 Å². The number of fused-ring (bicyclic) bond motifs is 2. The Morgan fingerprint density at radius 2 is 1.30 bits per heavy atom. The molecule has 6 rings (SSSR count).